The Bertz CT molecular complexity index is 967. The predicted octanol–water partition coefficient (Wildman–Crippen LogP) is 6.11. The summed E-state index contributed by atoms with van der Waals surface area (Å²) in [7, 11) is 0. The molecule has 6 heteroatoms. The Morgan fingerprint density at radius 1 is 1.27 bits per heavy atom. The fraction of sp³-hybridized carbons (Fsp3) is 0.458. The van der Waals surface area contributed by atoms with Gasteiger partial charge in [0.05, 0.1) is 0 Å². The van der Waals surface area contributed by atoms with Gasteiger partial charge in [-0.3, -0.25) is 0 Å². The van der Waals surface area contributed by atoms with E-state index in [1.165, 1.54) is 17.3 Å². The van der Waals surface area contributed by atoms with Gasteiger partial charge in [-0.05, 0) is 57.8 Å². The van der Waals surface area contributed by atoms with Crippen molar-refractivity contribution < 1.29 is 4.74 Å². The highest BCUT2D eigenvalue weighted by atomic mass is 32.2. The number of aromatic nitrogens is 3. The molecule has 1 aliphatic heterocycles. The van der Waals surface area contributed by atoms with Crippen molar-refractivity contribution >= 4 is 17.4 Å². The van der Waals surface area contributed by atoms with E-state index in [0.717, 1.165) is 36.9 Å². The number of thioether (sulfide) groups is 1. The molecule has 30 heavy (non-hydrogen) atoms. The molecule has 0 radical (unpaired) electrons. The van der Waals surface area contributed by atoms with Crippen LogP contribution in [0.4, 0.5) is 5.69 Å². The lowest BCUT2D eigenvalue weighted by atomic mass is 9.79. The zero-order valence-corrected chi connectivity index (χ0v) is 19.0. The van der Waals surface area contributed by atoms with Gasteiger partial charge in [-0.2, -0.15) is 4.98 Å². The Kier molecular flexibility index (Phi) is 6.42. The molecule has 1 aromatic carbocycles. The Morgan fingerprint density at radius 3 is 2.87 bits per heavy atom. The molecule has 0 bridgehead atoms. The number of fused-ring (bicyclic) bond motifs is 3. The molecule has 2 heterocycles. The van der Waals surface area contributed by atoms with Crippen LogP contribution in [0.2, 0.25) is 0 Å². The highest BCUT2D eigenvalue weighted by molar-refractivity contribution is 7.98. The van der Waals surface area contributed by atoms with E-state index < -0.39 is 0 Å². The smallest absolute Gasteiger partial charge is 0.247 e. The lowest BCUT2D eigenvalue weighted by Crippen LogP contribution is -2.39. The molecule has 1 aliphatic carbocycles. The largest absolute Gasteiger partial charge is 0.452 e. The molecule has 2 aromatic rings. The Hall–Kier alpha value is -2.34. The van der Waals surface area contributed by atoms with Crippen LogP contribution in [0.3, 0.4) is 0 Å². The molecule has 0 saturated carbocycles. The van der Waals surface area contributed by atoms with Crippen LogP contribution in [0.1, 0.15) is 46.5 Å². The van der Waals surface area contributed by atoms with Crippen molar-refractivity contribution in [2.75, 3.05) is 11.6 Å². The molecule has 3 atom stereocenters. The molecule has 1 aromatic heterocycles. The van der Waals surface area contributed by atoms with Gasteiger partial charge in [0.2, 0.25) is 11.0 Å². The number of hydrogen-bond acceptors (Lipinski definition) is 6. The van der Waals surface area contributed by atoms with E-state index in [1.54, 1.807) is 5.57 Å². The summed E-state index contributed by atoms with van der Waals surface area (Å²) < 4.78 is 6.46. The normalized spacial score (nSPS) is 22.5. The lowest BCUT2D eigenvalue weighted by molar-refractivity contribution is 0.120. The van der Waals surface area contributed by atoms with Crippen LogP contribution in [0.5, 0.6) is 5.88 Å². The van der Waals surface area contributed by atoms with E-state index in [2.05, 4.69) is 59.5 Å². The maximum Gasteiger partial charge on any atom is 0.247 e. The van der Waals surface area contributed by atoms with Crippen molar-refractivity contribution in [1.29, 1.82) is 0 Å². The number of hydrogen-bond donors (Lipinski definition) is 1. The van der Waals surface area contributed by atoms with Gasteiger partial charge in [0.15, 0.2) is 11.9 Å². The molecule has 158 valence electrons. The maximum absolute atomic E-state index is 6.46. The summed E-state index contributed by atoms with van der Waals surface area (Å²) >= 11 is 1.48. The quantitative estimate of drug-likeness (QED) is 0.463. The third kappa shape index (κ3) is 4.53. The van der Waals surface area contributed by atoms with Gasteiger partial charge in [0.25, 0.3) is 0 Å². The van der Waals surface area contributed by atoms with Crippen molar-refractivity contribution in [2.45, 2.75) is 57.8 Å². The van der Waals surface area contributed by atoms with Crippen molar-refractivity contribution in [3.8, 4) is 17.1 Å². The summed E-state index contributed by atoms with van der Waals surface area (Å²) in [6, 6.07) is 8.18. The first-order chi connectivity index (χ1) is 14.5. The van der Waals surface area contributed by atoms with Gasteiger partial charge in [-0.15, -0.1) is 10.2 Å². The van der Waals surface area contributed by atoms with Crippen LogP contribution < -0.4 is 10.1 Å². The summed E-state index contributed by atoms with van der Waals surface area (Å²) in [6.07, 6.45) is 11.1. The topological polar surface area (TPSA) is 59.9 Å². The molecule has 0 amide bonds. The van der Waals surface area contributed by atoms with Crippen molar-refractivity contribution in [3.05, 3.63) is 47.6 Å². The Morgan fingerprint density at radius 2 is 2.10 bits per heavy atom. The van der Waals surface area contributed by atoms with Gasteiger partial charge in [0, 0.05) is 17.2 Å². The third-order valence-electron chi connectivity index (χ3n) is 5.92. The zero-order valence-electron chi connectivity index (χ0n) is 18.2. The van der Waals surface area contributed by atoms with E-state index in [-0.39, 0.29) is 6.23 Å². The first-order valence-electron chi connectivity index (χ1n) is 10.7. The van der Waals surface area contributed by atoms with E-state index in [9.17, 15) is 0 Å². The molecular weight excluding hydrogens is 392 g/mol. The third-order valence-corrected chi connectivity index (χ3v) is 6.45. The van der Waals surface area contributed by atoms with Gasteiger partial charge in [-0.25, -0.2) is 0 Å². The van der Waals surface area contributed by atoms with Crippen LogP contribution in [-0.4, -0.2) is 27.7 Å². The summed E-state index contributed by atoms with van der Waals surface area (Å²) in [4.78, 5) is 4.64. The lowest BCUT2D eigenvalue weighted by Gasteiger charge is -2.34. The zero-order chi connectivity index (χ0) is 21.1. The molecule has 0 fully saturated rings. The number of benzene rings is 1. The minimum absolute atomic E-state index is 0.149. The molecule has 0 saturated heterocycles. The molecular formula is C24H30N4OS. The summed E-state index contributed by atoms with van der Waals surface area (Å²) in [5, 5.41) is 12.9. The molecule has 2 aliphatic rings. The molecule has 5 nitrogen and oxygen atoms in total. The number of nitrogens with zero attached hydrogens (tertiary/aromatic N) is 3. The highest BCUT2D eigenvalue weighted by Crippen LogP contribution is 2.41. The van der Waals surface area contributed by atoms with Gasteiger partial charge < -0.3 is 10.1 Å². The fourth-order valence-electron chi connectivity index (χ4n) is 4.32. The number of anilines is 1. The maximum atomic E-state index is 6.46. The van der Waals surface area contributed by atoms with E-state index in [0.29, 0.717) is 28.6 Å². The number of nitrogens with one attached hydrogen (secondary N) is 1. The standard InChI is InChI=1S/C24H30N4OS/c1-15(2)8-7-9-17-12-13-18(16(3)14-17)22-25-20-11-6-5-10-19(20)21-23(29-22)26-24(30-4)28-27-21/h5-6,8,10-11,14,16,18,22,25H,7,9,12-13H2,1-4H3/t16-,18+,22+/m0/s1. The van der Waals surface area contributed by atoms with Crippen molar-refractivity contribution in [3.63, 3.8) is 0 Å². The fourth-order valence-corrected chi connectivity index (χ4v) is 4.62. The monoisotopic (exact) mass is 422 g/mol. The minimum Gasteiger partial charge on any atom is -0.452 e. The van der Waals surface area contributed by atoms with E-state index in [1.807, 2.05) is 24.5 Å². The number of para-hydroxylation sites is 1. The van der Waals surface area contributed by atoms with Gasteiger partial charge >= 0.3 is 0 Å². The van der Waals surface area contributed by atoms with Crippen LogP contribution in [0.15, 0.2) is 52.7 Å². The Labute approximate surface area is 183 Å². The van der Waals surface area contributed by atoms with Crippen LogP contribution in [0.25, 0.3) is 11.3 Å². The molecule has 1 N–H and O–H groups in total. The van der Waals surface area contributed by atoms with Gasteiger partial charge in [0.1, 0.15) is 0 Å². The van der Waals surface area contributed by atoms with Crippen LogP contribution in [-0.2, 0) is 0 Å². The summed E-state index contributed by atoms with van der Waals surface area (Å²) in [5.41, 5.74) is 5.69. The highest BCUT2D eigenvalue weighted by Gasteiger charge is 2.34. The second-order valence-electron chi connectivity index (χ2n) is 8.39. The second kappa shape index (κ2) is 9.21. The predicted molar refractivity (Wildman–Crippen MR) is 124 cm³/mol. The van der Waals surface area contributed by atoms with E-state index in [4.69, 9.17) is 4.74 Å². The van der Waals surface area contributed by atoms with Crippen molar-refractivity contribution in [2.24, 2.45) is 11.8 Å². The summed E-state index contributed by atoms with van der Waals surface area (Å²) in [5.74, 6) is 1.37. The summed E-state index contributed by atoms with van der Waals surface area (Å²) in [6.45, 7) is 6.64. The molecule has 4 rings (SSSR count). The van der Waals surface area contributed by atoms with Crippen molar-refractivity contribution in [1.82, 2.24) is 15.2 Å². The van der Waals surface area contributed by atoms with Crippen LogP contribution >= 0.6 is 11.8 Å². The average molecular weight is 423 g/mol. The first-order valence-corrected chi connectivity index (χ1v) is 11.9. The van der Waals surface area contributed by atoms with Gasteiger partial charge in [-0.1, -0.05) is 60.2 Å². The second-order valence-corrected chi connectivity index (χ2v) is 9.16. The van der Waals surface area contributed by atoms with Crippen LogP contribution in [0, 0.1) is 11.8 Å². The molecule has 0 spiro atoms. The average Bonchev–Trinajstić information content (AvgIpc) is 2.89. The number of rotatable bonds is 5. The minimum atomic E-state index is -0.149. The number of allylic oxidation sites excluding steroid dienone is 4. The number of ether oxygens (including phenoxy) is 1. The Balaban J connectivity index is 1.59. The first kappa shape index (κ1) is 20.9. The van der Waals surface area contributed by atoms with E-state index >= 15 is 0 Å². The molecule has 0 unspecified atom stereocenters. The SMILES string of the molecule is CSc1nnc2c(n1)O[C@H]([C@@H]1CCC(CCC=C(C)C)=C[C@@H]1C)Nc1ccccc1-2.